The van der Waals surface area contributed by atoms with Gasteiger partial charge in [-0.15, -0.1) is 11.6 Å². The lowest BCUT2D eigenvalue weighted by Gasteiger charge is -2.09. The zero-order valence-corrected chi connectivity index (χ0v) is 8.13. The maximum Gasteiger partial charge on any atom is 0.166 e. The number of aliphatic hydroxyl groups excluding tert-OH is 1. The summed E-state index contributed by atoms with van der Waals surface area (Å²) in [5.74, 6) is -0.975. The SMILES string of the molecule is Oc1ccc(NCC(O)CCl)cc1F. The molecule has 0 heterocycles. The fraction of sp³-hybridized carbons (Fsp3) is 0.333. The van der Waals surface area contributed by atoms with Gasteiger partial charge in [-0.3, -0.25) is 0 Å². The molecule has 1 aromatic carbocycles. The standard InChI is InChI=1S/C9H11ClFNO2/c10-4-7(13)5-12-6-1-2-9(14)8(11)3-6/h1-3,7,12-14H,4-5H2. The van der Waals surface area contributed by atoms with Crippen molar-refractivity contribution in [2.24, 2.45) is 0 Å². The first-order valence-corrected chi connectivity index (χ1v) is 4.63. The molecule has 0 aliphatic rings. The quantitative estimate of drug-likeness (QED) is 0.532. The number of aliphatic hydroxyl groups is 1. The third-order valence-corrected chi connectivity index (χ3v) is 2.02. The highest BCUT2D eigenvalue weighted by Crippen LogP contribution is 2.19. The molecule has 5 heteroatoms. The maximum absolute atomic E-state index is 12.8. The predicted octanol–water partition coefficient (Wildman–Crippen LogP) is 1.54. The maximum atomic E-state index is 12.8. The number of hydrogen-bond acceptors (Lipinski definition) is 3. The second-order valence-electron chi connectivity index (χ2n) is 2.86. The molecule has 0 aliphatic carbocycles. The van der Waals surface area contributed by atoms with Crippen LogP contribution in [-0.2, 0) is 0 Å². The molecule has 3 nitrogen and oxygen atoms in total. The van der Waals surface area contributed by atoms with Gasteiger partial charge in [-0.05, 0) is 12.1 Å². The smallest absolute Gasteiger partial charge is 0.166 e. The van der Waals surface area contributed by atoms with Crippen LogP contribution < -0.4 is 5.32 Å². The average molecular weight is 220 g/mol. The van der Waals surface area contributed by atoms with E-state index in [1.165, 1.54) is 12.1 Å². The Labute approximate surface area is 86.1 Å². The van der Waals surface area contributed by atoms with Crippen molar-refractivity contribution in [1.29, 1.82) is 0 Å². The minimum Gasteiger partial charge on any atom is -0.505 e. The van der Waals surface area contributed by atoms with E-state index in [1.807, 2.05) is 0 Å². The largest absolute Gasteiger partial charge is 0.505 e. The number of phenols is 1. The van der Waals surface area contributed by atoms with Crippen molar-refractivity contribution in [2.45, 2.75) is 6.10 Å². The van der Waals surface area contributed by atoms with E-state index in [-0.39, 0.29) is 12.4 Å². The van der Waals surface area contributed by atoms with Crippen molar-refractivity contribution in [2.75, 3.05) is 17.7 Å². The Kier molecular flexibility index (Phi) is 3.98. The number of hydrogen-bond donors (Lipinski definition) is 3. The van der Waals surface area contributed by atoms with Crippen molar-refractivity contribution in [3.63, 3.8) is 0 Å². The van der Waals surface area contributed by atoms with Gasteiger partial charge in [0.15, 0.2) is 11.6 Å². The zero-order chi connectivity index (χ0) is 10.6. The highest BCUT2D eigenvalue weighted by molar-refractivity contribution is 6.18. The summed E-state index contributed by atoms with van der Waals surface area (Å²) in [6.07, 6.45) is -0.673. The van der Waals surface area contributed by atoms with E-state index in [4.69, 9.17) is 21.8 Å². The molecular weight excluding hydrogens is 209 g/mol. The lowest BCUT2D eigenvalue weighted by Crippen LogP contribution is -2.20. The van der Waals surface area contributed by atoms with Crippen LogP contribution in [0.2, 0.25) is 0 Å². The number of nitrogens with one attached hydrogen (secondary N) is 1. The summed E-state index contributed by atoms with van der Waals surface area (Å²) >= 11 is 5.37. The van der Waals surface area contributed by atoms with Crippen LogP contribution in [0.25, 0.3) is 0 Å². The Morgan fingerprint density at radius 3 is 2.79 bits per heavy atom. The second kappa shape index (κ2) is 5.02. The molecule has 3 N–H and O–H groups in total. The van der Waals surface area contributed by atoms with Gasteiger partial charge in [0.25, 0.3) is 0 Å². The number of benzene rings is 1. The molecule has 1 rings (SSSR count). The van der Waals surface area contributed by atoms with Crippen LogP contribution >= 0.6 is 11.6 Å². The summed E-state index contributed by atoms with van der Waals surface area (Å²) in [5.41, 5.74) is 0.490. The van der Waals surface area contributed by atoms with Gasteiger partial charge in [0.05, 0.1) is 12.0 Å². The van der Waals surface area contributed by atoms with Gasteiger partial charge in [-0.25, -0.2) is 4.39 Å². The van der Waals surface area contributed by atoms with Crippen molar-refractivity contribution >= 4 is 17.3 Å². The molecule has 0 saturated carbocycles. The average Bonchev–Trinajstić information content (AvgIpc) is 2.19. The fourth-order valence-electron chi connectivity index (χ4n) is 0.907. The first-order valence-electron chi connectivity index (χ1n) is 4.10. The minimum absolute atomic E-state index is 0.119. The topological polar surface area (TPSA) is 52.5 Å². The molecule has 1 aromatic rings. The van der Waals surface area contributed by atoms with Gasteiger partial charge >= 0.3 is 0 Å². The molecule has 0 bridgehead atoms. The van der Waals surface area contributed by atoms with Gasteiger partial charge in [-0.1, -0.05) is 0 Å². The van der Waals surface area contributed by atoms with E-state index < -0.39 is 17.7 Å². The Balaban J connectivity index is 2.55. The van der Waals surface area contributed by atoms with E-state index in [1.54, 1.807) is 0 Å². The van der Waals surface area contributed by atoms with Crippen LogP contribution in [0.5, 0.6) is 5.75 Å². The predicted molar refractivity (Wildman–Crippen MR) is 53.3 cm³/mol. The summed E-state index contributed by atoms with van der Waals surface area (Å²) in [4.78, 5) is 0. The molecule has 14 heavy (non-hydrogen) atoms. The summed E-state index contributed by atoms with van der Waals surface area (Å²) < 4.78 is 12.8. The van der Waals surface area contributed by atoms with Crippen LogP contribution in [-0.4, -0.2) is 28.7 Å². The molecule has 0 saturated heterocycles. The molecular formula is C9H11ClFNO2. The number of aromatic hydroxyl groups is 1. The Bertz CT molecular complexity index is 309. The van der Waals surface area contributed by atoms with Crippen LogP contribution in [0.1, 0.15) is 0 Å². The van der Waals surface area contributed by atoms with Crippen LogP contribution in [0.15, 0.2) is 18.2 Å². The molecule has 0 aromatic heterocycles. The normalized spacial score (nSPS) is 12.5. The first-order chi connectivity index (χ1) is 6.63. The number of alkyl halides is 1. The minimum atomic E-state index is -0.699. The molecule has 1 atom stereocenters. The van der Waals surface area contributed by atoms with Crippen molar-refractivity contribution in [3.8, 4) is 5.75 Å². The summed E-state index contributed by atoms with van der Waals surface area (Å²) in [6, 6.07) is 3.90. The highest BCUT2D eigenvalue weighted by Gasteiger charge is 2.03. The lowest BCUT2D eigenvalue weighted by molar-refractivity contribution is 0.211. The van der Waals surface area contributed by atoms with Crippen molar-refractivity contribution < 1.29 is 14.6 Å². The Morgan fingerprint density at radius 2 is 2.21 bits per heavy atom. The zero-order valence-electron chi connectivity index (χ0n) is 7.37. The van der Waals surface area contributed by atoms with E-state index >= 15 is 0 Å². The first kappa shape index (κ1) is 11.1. The van der Waals surface area contributed by atoms with Crippen molar-refractivity contribution in [1.82, 2.24) is 0 Å². The van der Waals surface area contributed by atoms with Crippen LogP contribution in [0, 0.1) is 5.82 Å². The molecule has 0 aliphatic heterocycles. The fourth-order valence-corrected chi connectivity index (χ4v) is 1.02. The summed E-state index contributed by atoms with van der Waals surface area (Å²) in [6.45, 7) is 0.244. The molecule has 0 spiro atoms. The van der Waals surface area contributed by atoms with E-state index in [2.05, 4.69) is 5.32 Å². The van der Waals surface area contributed by atoms with Crippen molar-refractivity contribution in [3.05, 3.63) is 24.0 Å². The third-order valence-electron chi connectivity index (χ3n) is 1.67. The lowest BCUT2D eigenvalue weighted by atomic mass is 10.3. The highest BCUT2D eigenvalue weighted by atomic mass is 35.5. The van der Waals surface area contributed by atoms with Gasteiger partial charge in [0.1, 0.15) is 0 Å². The Hall–Kier alpha value is -1.00. The Morgan fingerprint density at radius 1 is 1.50 bits per heavy atom. The number of rotatable bonds is 4. The molecule has 0 amide bonds. The van der Waals surface area contributed by atoms with Gasteiger partial charge in [0.2, 0.25) is 0 Å². The van der Waals surface area contributed by atoms with Crippen LogP contribution in [0.3, 0.4) is 0 Å². The number of halogens is 2. The molecule has 0 fully saturated rings. The van der Waals surface area contributed by atoms with E-state index in [0.717, 1.165) is 6.07 Å². The van der Waals surface area contributed by atoms with Gasteiger partial charge < -0.3 is 15.5 Å². The van der Waals surface area contributed by atoms with E-state index in [0.29, 0.717) is 5.69 Å². The third kappa shape index (κ3) is 3.05. The van der Waals surface area contributed by atoms with Gasteiger partial charge in [-0.2, -0.15) is 0 Å². The number of anilines is 1. The van der Waals surface area contributed by atoms with Crippen LogP contribution in [0.4, 0.5) is 10.1 Å². The van der Waals surface area contributed by atoms with E-state index in [9.17, 15) is 4.39 Å². The molecule has 1 unspecified atom stereocenters. The molecule has 0 radical (unpaired) electrons. The van der Waals surface area contributed by atoms with Gasteiger partial charge in [0, 0.05) is 18.3 Å². The second-order valence-corrected chi connectivity index (χ2v) is 3.16. The summed E-state index contributed by atoms with van der Waals surface area (Å²) in [7, 11) is 0. The summed E-state index contributed by atoms with van der Waals surface area (Å²) in [5, 5.41) is 20.8. The molecule has 78 valence electrons. The number of phenolic OH excluding ortho intramolecular Hbond substituents is 1. The monoisotopic (exact) mass is 219 g/mol.